The fourth-order valence-corrected chi connectivity index (χ4v) is 1.57. The molecule has 0 atom stereocenters. The number of hydrogen-bond acceptors (Lipinski definition) is 1. The summed E-state index contributed by atoms with van der Waals surface area (Å²) in [7, 11) is 0. The number of hydrogen-bond donors (Lipinski definition) is 0. The quantitative estimate of drug-likeness (QED) is 0.577. The third-order valence-electron chi connectivity index (χ3n) is 2.03. The first kappa shape index (κ1) is 7.35. The molecule has 2 nitrogen and oxygen atoms in total. The van der Waals surface area contributed by atoms with Gasteiger partial charge in [-0.3, -0.25) is 0 Å². The Hall–Kier alpha value is -1.31. The van der Waals surface area contributed by atoms with E-state index in [1.807, 2.05) is 13.8 Å². The van der Waals surface area contributed by atoms with Crippen LogP contribution in [0.2, 0.25) is 0 Å². The van der Waals surface area contributed by atoms with Crippen LogP contribution in [-0.4, -0.2) is 9.38 Å². The highest BCUT2D eigenvalue weighted by Gasteiger charge is 1.99. The molecule has 0 saturated heterocycles. The van der Waals surface area contributed by atoms with Crippen molar-refractivity contribution in [2.45, 2.75) is 20.8 Å². The number of nitrogens with zero attached hydrogens (tertiary/aromatic N) is 2. The summed E-state index contributed by atoms with van der Waals surface area (Å²) in [5.74, 6) is 1.05. The summed E-state index contributed by atoms with van der Waals surface area (Å²) in [6, 6.07) is 4.27. The van der Waals surface area contributed by atoms with Gasteiger partial charge < -0.3 is 4.40 Å². The van der Waals surface area contributed by atoms with Crippen molar-refractivity contribution < 1.29 is 0 Å². The van der Waals surface area contributed by atoms with Gasteiger partial charge in [0, 0.05) is 17.4 Å². The zero-order valence-corrected chi connectivity index (χ0v) is 7.63. The number of rotatable bonds is 0. The third kappa shape index (κ3) is 0.998. The van der Waals surface area contributed by atoms with Crippen molar-refractivity contribution in [2.24, 2.45) is 0 Å². The molecule has 0 bridgehead atoms. The van der Waals surface area contributed by atoms with Crippen molar-refractivity contribution in [2.75, 3.05) is 0 Å². The molecule has 0 N–H and O–H groups in total. The number of aromatic nitrogens is 2. The zero-order chi connectivity index (χ0) is 8.72. The van der Waals surface area contributed by atoms with Crippen molar-refractivity contribution >= 4 is 5.52 Å². The lowest BCUT2D eigenvalue weighted by atomic mass is 10.3. The molecule has 2 rings (SSSR count). The largest absolute Gasteiger partial charge is 0.305 e. The SMILES string of the molecule is Cc1cc2cc(C)nc(C)n2c1. The van der Waals surface area contributed by atoms with Crippen molar-refractivity contribution in [1.29, 1.82) is 0 Å². The zero-order valence-electron chi connectivity index (χ0n) is 7.63. The average molecular weight is 160 g/mol. The second kappa shape index (κ2) is 2.34. The molecule has 2 aromatic rings. The molecule has 0 aromatic carbocycles. The van der Waals surface area contributed by atoms with Crippen molar-refractivity contribution in [3.8, 4) is 0 Å². The normalized spacial score (nSPS) is 10.9. The van der Waals surface area contributed by atoms with E-state index in [4.69, 9.17) is 0 Å². The van der Waals surface area contributed by atoms with Crippen LogP contribution < -0.4 is 0 Å². The molecule has 62 valence electrons. The Labute approximate surface area is 71.9 Å². The molecule has 2 heteroatoms. The standard InChI is InChI=1S/C10H12N2/c1-7-4-10-5-8(2)11-9(3)12(10)6-7/h4-6H,1-3H3. The van der Waals surface area contributed by atoms with E-state index in [-0.39, 0.29) is 0 Å². The minimum absolute atomic E-state index is 1.05. The maximum absolute atomic E-state index is 4.38. The molecule has 2 heterocycles. The Balaban J connectivity index is 2.88. The van der Waals surface area contributed by atoms with Crippen LogP contribution in [0.1, 0.15) is 17.1 Å². The molecule has 0 amide bonds. The number of fused-ring (bicyclic) bond motifs is 1. The Bertz CT molecular complexity index is 427. The van der Waals surface area contributed by atoms with Gasteiger partial charge in [-0.2, -0.15) is 0 Å². The van der Waals surface area contributed by atoms with Gasteiger partial charge in [-0.05, 0) is 38.5 Å². The Morgan fingerprint density at radius 1 is 1.17 bits per heavy atom. The Morgan fingerprint density at radius 3 is 2.67 bits per heavy atom. The predicted octanol–water partition coefficient (Wildman–Crippen LogP) is 2.26. The fourth-order valence-electron chi connectivity index (χ4n) is 1.57. The molecule has 2 aromatic heterocycles. The van der Waals surface area contributed by atoms with Gasteiger partial charge >= 0.3 is 0 Å². The van der Waals surface area contributed by atoms with Crippen LogP contribution in [0.15, 0.2) is 18.3 Å². The van der Waals surface area contributed by atoms with E-state index in [0.29, 0.717) is 0 Å². The van der Waals surface area contributed by atoms with Gasteiger partial charge in [0.1, 0.15) is 5.82 Å². The second-order valence-corrected chi connectivity index (χ2v) is 3.26. The first-order chi connectivity index (χ1) is 5.66. The third-order valence-corrected chi connectivity index (χ3v) is 2.03. The summed E-state index contributed by atoms with van der Waals surface area (Å²) >= 11 is 0. The van der Waals surface area contributed by atoms with E-state index in [1.165, 1.54) is 11.1 Å². The van der Waals surface area contributed by atoms with Gasteiger partial charge in [0.15, 0.2) is 0 Å². The lowest BCUT2D eigenvalue weighted by Crippen LogP contribution is -1.94. The average Bonchev–Trinajstić information content (AvgIpc) is 2.29. The molecular weight excluding hydrogens is 148 g/mol. The smallest absolute Gasteiger partial charge is 0.110 e. The van der Waals surface area contributed by atoms with Crippen LogP contribution >= 0.6 is 0 Å². The van der Waals surface area contributed by atoms with Crippen LogP contribution in [0.5, 0.6) is 0 Å². The van der Waals surface area contributed by atoms with Gasteiger partial charge in [0.2, 0.25) is 0 Å². The van der Waals surface area contributed by atoms with Crippen LogP contribution in [-0.2, 0) is 0 Å². The van der Waals surface area contributed by atoms with Crippen molar-refractivity contribution in [3.05, 3.63) is 35.4 Å². The predicted molar refractivity (Wildman–Crippen MR) is 49.4 cm³/mol. The van der Waals surface area contributed by atoms with E-state index in [2.05, 4.69) is 34.6 Å². The summed E-state index contributed by atoms with van der Waals surface area (Å²) in [5.41, 5.74) is 3.60. The summed E-state index contributed by atoms with van der Waals surface area (Å²) in [6.45, 7) is 6.15. The molecule has 0 fully saturated rings. The van der Waals surface area contributed by atoms with E-state index in [1.54, 1.807) is 0 Å². The van der Waals surface area contributed by atoms with Gasteiger partial charge in [-0.15, -0.1) is 0 Å². The molecule has 0 unspecified atom stereocenters. The summed E-state index contributed by atoms with van der Waals surface area (Å²) < 4.78 is 2.11. The lowest BCUT2D eigenvalue weighted by Gasteiger charge is -2.00. The van der Waals surface area contributed by atoms with Crippen LogP contribution in [0.4, 0.5) is 0 Å². The van der Waals surface area contributed by atoms with Crippen LogP contribution in [0.3, 0.4) is 0 Å². The first-order valence-electron chi connectivity index (χ1n) is 4.10. The molecule has 0 aliphatic carbocycles. The van der Waals surface area contributed by atoms with Gasteiger partial charge in [0.05, 0.1) is 0 Å². The minimum Gasteiger partial charge on any atom is -0.305 e. The minimum atomic E-state index is 1.05. The highest BCUT2D eigenvalue weighted by Crippen LogP contribution is 2.11. The van der Waals surface area contributed by atoms with Crippen LogP contribution in [0.25, 0.3) is 5.52 Å². The molecule has 0 aliphatic rings. The number of aryl methyl sites for hydroxylation is 3. The maximum atomic E-state index is 4.38. The molecule has 12 heavy (non-hydrogen) atoms. The van der Waals surface area contributed by atoms with Crippen LogP contribution in [0, 0.1) is 20.8 Å². The summed E-state index contributed by atoms with van der Waals surface area (Å²) in [5, 5.41) is 0. The van der Waals surface area contributed by atoms with E-state index >= 15 is 0 Å². The second-order valence-electron chi connectivity index (χ2n) is 3.26. The first-order valence-corrected chi connectivity index (χ1v) is 4.10. The lowest BCUT2D eigenvalue weighted by molar-refractivity contribution is 0.964. The summed E-state index contributed by atoms with van der Waals surface area (Å²) in [4.78, 5) is 4.38. The molecule has 0 saturated carbocycles. The fraction of sp³-hybridized carbons (Fsp3) is 0.300. The maximum Gasteiger partial charge on any atom is 0.110 e. The molecule has 0 spiro atoms. The van der Waals surface area contributed by atoms with Crippen molar-refractivity contribution in [1.82, 2.24) is 9.38 Å². The highest BCUT2D eigenvalue weighted by atomic mass is 15.0. The molecule has 0 aliphatic heterocycles. The Morgan fingerprint density at radius 2 is 1.92 bits per heavy atom. The summed E-state index contributed by atoms with van der Waals surface area (Å²) in [6.07, 6.45) is 2.11. The van der Waals surface area contributed by atoms with Crippen molar-refractivity contribution in [3.63, 3.8) is 0 Å². The van der Waals surface area contributed by atoms with E-state index in [0.717, 1.165) is 11.5 Å². The van der Waals surface area contributed by atoms with E-state index < -0.39 is 0 Å². The van der Waals surface area contributed by atoms with Gasteiger partial charge in [-0.1, -0.05) is 0 Å². The topological polar surface area (TPSA) is 17.3 Å². The molecular formula is C10H12N2. The Kier molecular flexibility index (Phi) is 1.43. The molecule has 0 radical (unpaired) electrons. The van der Waals surface area contributed by atoms with E-state index in [9.17, 15) is 0 Å². The van der Waals surface area contributed by atoms with Gasteiger partial charge in [0.25, 0.3) is 0 Å². The highest BCUT2D eigenvalue weighted by molar-refractivity contribution is 5.51. The monoisotopic (exact) mass is 160 g/mol. The van der Waals surface area contributed by atoms with Gasteiger partial charge in [-0.25, -0.2) is 4.98 Å².